The summed E-state index contributed by atoms with van der Waals surface area (Å²) >= 11 is 0. The highest BCUT2D eigenvalue weighted by atomic mass is 19.3. The lowest BCUT2D eigenvalue weighted by atomic mass is 9.80. The minimum Gasteiger partial charge on any atom is -0.467 e. The molecule has 0 atom stereocenters. The Hall–Kier alpha value is -3.43. The fourth-order valence-electron chi connectivity index (χ4n) is 4.46. The largest absolute Gasteiger partial charge is 0.467 e. The molecule has 36 heavy (non-hydrogen) atoms. The number of aromatic nitrogens is 4. The number of hydrogen-bond donors (Lipinski definition) is 0. The topological polar surface area (TPSA) is 94.2 Å². The number of aryl methyl sites for hydroxylation is 1. The third-order valence-corrected chi connectivity index (χ3v) is 6.67. The minimum absolute atomic E-state index is 0.244. The van der Waals surface area contributed by atoms with Crippen molar-refractivity contribution in [3.05, 3.63) is 48.2 Å². The van der Waals surface area contributed by atoms with E-state index in [4.69, 9.17) is 9.26 Å². The Morgan fingerprint density at radius 2 is 2.00 bits per heavy atom. The van der Waals surface area contributed by atoms with Crippen LogP contribution in [0.15, 0.2) is 41.1 Å². The number of halogens is 2. The lowest BCUT2D eigenvalue weighted by Gasteiger charge is -2.37. The number of nitrogens with zero attached hydrogens (tertiary/aromatic N) is 5. The first-order valence-electron chi connectivity index (χ1n) is 12.4. The number of ether oxygens (including phenoxy) is 1. The van der Waals surface area contributed by atoms with Crippen LogP contribution >= 0.6 is 0 Å². The molecule has 0 unspecified atom stereocenters. The Kier molecular flexibility index (Phi) is 6.93. The zero-order valence-electron chi connectivity index (χ0n) is 20.2. The molecule has 190 valence electrons. The van der Waals surface area contributed by atoms with Crippen molar-refractivity contribution in [2.45, 2.75) is 63.2 Å². The molecule has 1 amide bonds. The van der Waals surface area contributed by atoms with Crippen molar-refractivity contribution < 1.29 is 22.8 Å². The van der Waals surface area contributed by atoms with Gasteiger partial charge in [-0.25, -0.2) is 13.8 Å². The van der Waals surface area contributed by atoms with Crippen molar-refractivity contribution in [1.29, 1.82) is 0 Å². The van der Waals surface area contributed by atoms with Gasteiger partial charge in [0.15, 0.2) is 5.82 Å². The number of benzene rings is 1. The first kappa shape index (κ1) is 24.3. The van der Waals surface area contributed by atoms with Gasteiger partial charge in [0.25, 0.3) is 0 Å². The molecule has 2 aliphatic rings. The highest BCUT2D eigenvalue weighted by Crippen LogP contribution is 2.44. The number of rotatable bonds is 11. The average Bonchev–Trinajstić information content (AvgIpc) is 3.62. The number of anilines is 1. The Bertz CT molecular complexity index is 1210. The molecular weight excluding hydrogens is 468 g/mol. The van der Waals surface area contributed by atoms with Crippen molar-refractivity contribution in [3.63, 3.8) is 0 Å². The highest BCUT2D eigenvalue weighted by molar-refractivity contribution is 5.96. The Morgan fingerprint density at radius 1 is 1.17 bits per heavy atom. The Balaban J connectivity index is 1.25. The van der Waals surface area contributed by atoms with Crippen molar-refractivity contribution in [1.82, 2.24) is 20.1 Å². The molecule has 5 rings (SSSR count). The summed E-state index contributed by atoms with van der Waals surface area (Å²) in [7, 11) is 1.49. The summed E-state index contributed by atoms with van der Waals surface area (Å²) in [6.07, 6.45) is 6.16. The molecule has 0 spiro atoms. The number of carbonyl (C=O) groups excluding carboxylic acids is 1. The molecule has 10 heteroatoms. The van der Waals surface area contributed by atoms with Gasteiger partial charge >= 0.3 is 6.01 Å². The van der Waals surface area contributed by atoms with E-state index in [9.17, 15) is 13.6 Å². The molecule has 0 radical (unpaired) electrons. The molecule has 2 saturated carbocycles. The summed E-state index contributed by atoms with van der Waals surface area (Å²) in [5.74, 6) is -1.77. The standard InChI is InChI=1S/C26H29F2N5O3/c1-35-25-29-12-11-21(30-25)18-6-5-7-20(14-18)33(24(34)19-15-26(27,28)16-19)13-4-2-3-8-22-31-23(32-36-22)17-9-10-17/h5-7,11-12,14,17,19H,2-4,8-10,13,15-16H2,1H3. The molecule has 2 aliphatic carbocycles. The van der Waals surface area contributed by atoms with Crippen LogP contribution in [0.2, 0.25) is 0 Å². The summed E-state index contributed by atoms with van der Waals surface area (Å²) in [6.45, 7) is 0.439. The smallest absolute Gasteiger partial charge is 0.316 e. The van der Waals surface area contributed by atoms with Gasteiger partial charge in [0.2, 0.25) is 17.7 Å². The van der Waals surface area contributed by atoms with Crippen molar-refractivity contribution >= 4 is 11.6 Å². The van der Waals surface area contributed by atoms with Gasteiger partial charge in [0, 0.05) is 55.1 Å². The van der Waals surface area contributed by atoms with Gasteiger partial charge in [-0.15, -0.1) is 0 Å². The Labute approximate surface area is 208 Å². The lowest BCUT2D eigenvalue weighted by molar-refractivity contribution is -0.147. The molecule has 0 bridgehead atoms. The van der Waals surface area contributed by atoms with Gasteiger partial charge in [-0.3, -0.25) is 4.79 Å². The third-order valence-electron chi connectivity index (χ3n) is 6.67. The van der Waals surface area contributed by atoms with Crippen LogP contribution in [0.4, 0.5) is 14.5 Å². The first-order chi connectivity index (χ1) is 17.4. The fraction of sp³-hybridized carbons (Fsp3) is 0.500. The van der Waals surface area contributed by atoms with E-state index < -0.39 is 24.7 Å². The number of amides is 1. The van der Waals surface area contributed by atoms with E-state index in [0.29, 0.717) is 36.2 Å². The van der Waals surface area contributed by atoms with E-state index in [1.165, 1.54) is 7.11 Å². The third kappa shape index (κ3) is 5.68. The van der Waals surface area contributed by atoms with Crippen molar-refractivity contribution in [3.8, 4) is 17.3 Å². The van der Waals surface area contributed by atoms with Crippen LogP contribution < -0.4 is 9.64 Å². The molecule has 0 aliphatic heterocycles. The summed E-state index contributed by atoms with van der Waals surface area (Å²) < 4.78 is 37.5. The van der Waals surface area contributed by atoms with Gasteiger partial charge in [0.1, 0.15) is 0 Å². The molecular formula is C26H29F2N5O3. The minimum atomic E-state index is -2.76. The molecule has 8 nitrogen and oxygen atoms in total. The second-order valence-corrected chi connectivity index (χ2v) is 9.56. The van der Waals surface area contributed by atoms with Gasteiger partial charge in [-0.1, -0.05) is 23.7 Å². The average molecular weight is 498 g/mol. The maximum absolute atomic E-state index is 13.5. The molecule has 3 aromatic rings. The van der Waals surface area contributed by atoms with Gasteiger partial charge in [-0.2, -0.15) is 9.97 Å². The molecule has 1 aromatic carbocycles. The highest BCUT2D eigenvalue weighted by Gasteiger charge is 2.49. The molecule has 2 aromatic heterocycles. The van der Waals surface area contributed by atoms with Gasteiger partial charge in [0.05, 0.1) is 12.8 Å². The van der Waals surface area contributed by atoms with Crippen LogP contribution in [0.3, 0.4) is 0 Å². The number of unbranched alkanes of at least 4 members (excludes halogenated alkanes) is 2. The van der Waals surface area contributed by atoms with Crippen LogP contribution in [0.5, 0.6) is 6.01 Å². The summed E-state index contributed by atoms with van der Waals surface area (Å²) in [5, 5.41) is 4.04. The Morgan fingerprint density at radius 3 is 2.75 bits per heavy atom. The van der Waals surface area contributed by atoms with Crippen LogP contribution in [0, 0.1) is 5.92 Å². The summed E-state index contributed by atoms with van der Waals surface area (Å²) in [5.41, 5.74) is 2.10. The zero-order valence-corrected chi connectivity index (χ0v) is 20.2. The van der Waals surface area contributed by atoms with E-state index in [0.717, 1.165) is 43.5 Å². The number of carbonyl (C=O) groups is 1. The van der Waals surface area contributed by atoms with Crippen molar-refractivity contribution in [2.24, 2.45) is 5.92 Å². The first-order valence-corrected chi connectivity index (χ1v) is 12.4. The van der Waals surface area contributed by atoms with E-state index in [-0.39, 0.29) is 11.9 Å². The van der Waals surface area contributed by atoms with Crippen molar-refractivity contribution in [2.75, 3.05) is 18.6 Å². The van der Waals surface area contributed by atoms with Crippen LogP contribution in [-0.2, 0) is 11.2 Å². The molecule has 0 N–H and O–H groups in total. The monoisotopic (exact) mass is 497 g/mol. The van der Waals surface area contributed by atoms with Gasteiger partial charge in [-0.05, 0) is 43.9 Å². The quantitative estimate of drug-likeness (QED) is 0.336. The van der Waals surface area contributed by atoms with E-state index in [1.807, 2.05) is 24.3 Å². The number of hydrogen-bond acceptors (Lipinski definition) is 7. The SMILES string of the molecule is COc1nccc(-c2cccc(N(CCCCCc3nc(C4CC4)no3)C(=O)C3CC(F)(F)C3)c2)n1. The second kappa shape index (κ2) is 10.3. The van der Waals surface area contributed by atoms with Crippen LogP contribution in [0.25, 0.3) is 11.3 Å². The van der Waals surface area contributed by atoms with Crippen LogP contribution in [-0.4, -0.2) is 45.6 Å². The van der Waals surface area contributed by atoms with Gasteiger partial charge < -0.3 is 14.2 Å². The summed E-state index contributed by atoms with van der Waals surface area (Å²) in [4.78, 5) is 27.7. The van der Waals surface area contributed by atoms with E-state index in [1.54, 1.807) is 17.2 Å². The molecule has 2 heterocycles. The predicted octanol–water partition coefficient (Wildman–Crippen LogP) is 5.20. The second-order valence-electron chi connectivity index (χ2n) is 9.56. The number of methoxy groups -OCH3 is 1. The van der Waals surface area contributed by atoms with Crippen LogP contribution in [0.1, 0.15) is 62.6 Å². The maximum atomic E-state index is 13.5. The van der Waals surface area contributed by atoms with E-state index >= 15 is 0 Å². The zero-order chi connectivity index (χ0) is 25.1. The summed E-state index contributed by atoms with van der Waals surface area (Å²) in [6, 6.07) is 9.40. The molecule has 0 saturated heterocycles. The van der Waals surface area contributed by atoms with E-state index in [2.05, 4.69) is 20.1 Å². The number of alkyl halides is 2. The normalized spacial score (nSPS) is 17.0. The lowest BCUT2D eigenvalue weighted by Crippen LogP contribution is -2.47. The maximum Gasteiger partial charge on any atom is 0.316 e. The predicted molar refractivity (Wildman–Crippen MR) is 128 cm³/mol. The molecule has 2 fully saturated rings. The fourth-order valence-corrected chi connectivity index (χ4v) is 4.46.